The molecule has 1 amide bonds. The lowest BCUT2D eigenvalue weighted by molar-refractivity contribution is 0.0564. The van der Waals surface area contributed by atoms with Gasteiger partial charge in [-0.05, 0) is 24.3 Å². The van der Waals surface area contributed by atoms with Gasteiger partial charge in [-0.25, -0.2) is 4.39 Å². The third-order valence-electron chi connectivity index (χ3n) is 4.03. The molecule has 0 radical (unpaired) electrons. The molecule has 0 atom stereocenters. The van der Waals surface area contributed by atoms with E-state index in [1.54, 1.807) is 18.3 Å². The summed E-state index contributed by atoms with van der Waals surface area (Å²) in [5.41, 5.74) is 0.505. The minimum Gasteiger partial charge on any atom is -0.338 e. The SMILES string of the molecule is O=C(c1c(F)cccc1Cl)N1CC(c2nc(-c3ccccn3)no2)C1. The second-order valence-corrected chi connectivity index (χ2v) is 6.08. The molecule has 8 heteroatoms. The molecule has 1 fully saturated rings. The molecule has 6 nitrogen and oxygen atoms in total. The first-order valence-corrected chi connectivity index (χ1v) is 7.99. The Labute approximate surface area is 147 Å². The topological polar surface area (TPSA) is 72.1 Å². The van der Waals surface area contributed by atoms with Crippen molar-refractivity contribution in [2.24, 2.45) is 0 Å². The van der Waals surface area contributed by atoms with Gasteiger partial charge in [0.1, 0.15) is 11.5 Å². The third-order valence-corrected chi connectivity index (χ3v) is 4.35. The molecule has 1 aliphatic rings. The highest BCUT2D eigenvalue weighted by Gasteiger charge is 2.37. The van der Waals surface area contributed by atoms with Gasteiger partial charge in [-0.2, -0.15) is 4.98 Å². The molecule has 4 rings (SSSR count). The van der Waals surface area contributed by atoms with E-state index in [2.05, 4.69) is 15.1 Å². The van der Waals surface area contributed by atoms with Crippen LogP contribution in [0, 0.1) is 5.82 Å². The standard InChI is InChI=1S/C17H12ClFN4O2/c18-11-4-3-5-12(19)14(11)17(24)23-8-10(9-23)16-21-15(22-25-16)13-6-1-2-7-20-13/h1-7,10H,8-9H2. The molecule has 1 aromatic carbocycles. The lowest BCUT2D eigenvalue weighted by atomic mass is 9.98. The molecule has 1 aliphatic heterocycles. The van der Waals surface area contributed by atoms with Crippen LogP contribution in [0.1, 0.15) is 22.2 Å². The first-order chi connectivity index (χ1) is 12.1. The zero-order valence-corrected chi connectivity index (χ0v) is 13.7. The van der Waals surface area contributed by atoms with Gasteiger partial charge < -0.3 is 9.42 Å². The Balaban J connectivity index is 1.46. The van der Waals surface area contributed by atoms with Crippen LogP contribution in [-0.2, 0) is 0 Å². The molecule has 1 saturated heterocycles. The number of nitrogens with zero attached hydrogens (tertiary/aromatic N) is 4. The summed E-state index contributed by atoms with van der Waals surface area (Å²) in [5.74, 6) is -0.318. The van der Waals surface area contributed by atoms with Crippen molar-refractivity contribution in [1.29, 1.82) is 0 Å². The molecular weight excluding hydrogens is 347 g/mol. The van der Waals surface area contributed by atoms with Crippen LogP contribution in [0.15, 0.2) is 47.1 Å². The normalized spacial score (nSPS) is 14.4. The highest BCUT2D eigenvalue weighted by molar-refractivity contribution is 6.33. The number of carbonyl (C=O) groups excluding carboxylic acids is 1. The average molecular weight is 359 g/mol. The van der Waals surface area contributed by atoms with Crippen molar-refractivity contribution in [2.45, 2.75) is 5.92 Å². The van der Waals surface area contributed by atoms with E-state index in [1.807, 2.05) is 6.07 Å². The quantitative estimate of drug-likeness (QED) is 0.719. The summed E-state index contributed by atoms with van der Waals surface area (Å²) in [7, 11) is 0. The summed E-state index contributed by atoms with van der Waals surface area (Å²) in [6, 6.07) is 9.59. The van der Waals surface area contributed by atoms with Gasteiger partial charge >= 0.3 is 0 Å². The molecule has 3 heterocycles. The summed E-state index contributed by atoms with van der Waals surface area (Å²) < 4.78 is 19.1. The van der Waals surface area contributed by atoms with Gasteiger partial charge in [-0.3, -0.25) is 9.78 Å². The predicted octanol–water partition coefficient (Wildman–Crippen LogP) is 3.16. The zero-order chi connectivity index (χ0) is 17.4. The molecule has 126 valence electrons. The third kappa shape index (κ3) is 2.87. The molecule has 0 N–H and O–H groups in total. The summed E-state index contributed by atoms with van der Waals surface area (Å²) in [6.07, 6.45) is 1.65. The largest absolute Gasteiger partial charge is 0.338 e. The fraction of sp³-hybridized carbons (Fsp3) is 0.176. The summed E-state index contributed by atoms with van der Waals surface area (Å²) in [6.45, 7) is 0.737. The van der Waals surface area contributed by atoms with Crippen LogP contribution in [0.3, 0.4) is 0 Å². The van der Waals surface area contributed by atoms with Gasteiger partial charge in [0.15, 0.2) is 0 Å². The smallest absolute Gasteiger partial charge is 0.258 e. The number of amides is 1. The molecule has 2 aromatic heterocycles. The molecule has 3 aromatic rings. The van der Waals surface area contributed by atoms with Gasteiger partial charge in [0.2, 0.25) is 11.7 Å². The van der Waals surface area contributed by atoms with Crippen LogP contribution in [0.4, 0.5) is 4.39 Å². The summed E-state index contributed by atoms with van der Waals surface area (Å²) in [5, 5.41) is 4.01. The summed E-state index contributed by atoms with van der Waals surface area (Å²) >= 11 is 5.94. The molecule has 0 spiro atoms. The van der Waals surface area contributed by atoms with E-state index in [9.17, 15) is 9.18 Å². The minimum atomic E-state index is -0.629. The van der Waals surface area contributed by atoms with E-state index >= 15 is 0 Å². The van der Waals surface area contributed by atoms with Crippen LogP contribution in [0.25, 0.3) is 11.5 Å². The Morgan fingerprint density at radius 2 is 2.08 bits per heavy atom. The van der Waals surface area contributed by atoms with Crippen molar-refractivity contribution >= 4 is 17.5 Å². The van der Waals surface area contributed by atoms with Crippen molar-refractivity contribution in [3.05, 3.63) is 64.9 Å². The van der Waals surface area contributed by atoms with Crippen LogP contribution in [-0.4, -0.2) is 39.0 Å². The van der Waals surface area contributed by atoms with Gasteiger partial charge in [0, 0.05) is 19.3 Å². The second kappa shape index (κ2) is 6.25. The number of hydrogen-bond donors (Lipinski definition) is 0. The number of benzene rings is 1. The van der Waals surface area contributed by atoms with E-state index in [0.29, 0.717) is 30.5 Å². The van der Waals surface area contributed by atoms with Crippen molar-refractivity contribution in [2.75, 3.05) is 13.1 Å². The number of pyridine rings is 1. The molecule has 0 unspecified atom stereocenters. The summed E-state index contributed by atoms with van der Waals surface area (Å²) in [4.78, 5) is 22.4. The van der Waals surface area contributed by atoms with Crippen LogP contribution in [0.5, 0.6) is 0 Å². The molecule has 0 bridgehead atoms. The maximum Gasteiger partial charge on any atom is 0.258 e. The number of carbonyl (C=O) groups is 1. The monoisotopic (exact) mass is 358 g/mol. The van der Waals surface area contributed by atoms with Crippen molar-refractivity contribution in [3.8, 4) is 11.5 Å². The number of rotatable bonds is 3. The Bertz CT molecular complexity index is 905. The van der Waals surface area contributed by atoms with Crippen molar-refractivity contribution in [1.82, 2.24) is 20.0 Å². The number of halogens is 2. The Kier molecular flexibility index (Phi) is 3.93. The molecule has 0 saturated carbocycles. The van der Waals surface area contributed by atoms with Crippen molar-refractivity contribution in [3.63, 3.8) is 0 Å². The Hall–Kier alpha value is -2.80. The van der Waals surface area contributed by atoms with Gasteiger partial charge in [-0.15, -0.1) is 0 Å². The lowest BCUT2D eigenvalue weighted by Crippen LogP contribution is -2.48. The predicted molar refractivity (Wildman–Crippen MR) is 87.6 cm³/mol. The molecular formula is C17H12ClFN4O2. The Morgan fingerprint density at radius 1 is 1.24 bits per heavy atom. The van der Waals surface area contributed by atoms with Crippen molar-refractivity contribution < 1.29 is 13.7 Å². The maximum absolute atomic E-state index is 13.9. The maximum atomic E-state index is 13.9. The highest BCUT2D eigenvalue weighted by atomic mass is 35.5. The van der Waals surface area contributed by atoms with E-state index in [-0.39, 0.29) is 16.5 Å². The van der Waals surface area contributed by atoms with E-state index < -0.39 is 11.7 Å². The highest BCUT2D eigenvalue weighted by Crippen LogP contribution is 2.30. The lowest BCUT2D eigenvalue weighted by Gasteiger charge is -2.37. The Morgan fingerprint density at radius 3 is 2.80 bits per heavy atom. The molecule has 0 aliphatic carbocycles. The van der Waals surface area contributed by atoms with Crippen LogP contribution < -0.4 is 0 Å². The van der Waals surface area contributed by atoms with Gasteiger partial charge in [-0.1, -0.05) is 28.9 Å². The fourth-order valence-electron chi connectivity index (χ4n) is 2.66. The van der Waals surface area contributed by atoms with E-state index in [0.717, 1.165) is 0 Å². The number of hydrogen-bond acceptors (Lipinski definition) is 5. The van der Waals surface area contributed by atoms with Crippen LogP contribution >= 0.6 is 11.6 Å². The van der Waals surface area contributed by atoms with E-state index in [1.165, 1.54) is 23.1 Å². The second-order valence-electron chi connectivity index (χ2n) is 5.67. The first kappa shape index (κ1) is 15.7. The van der Waals surface area contributed by atoms with Crippen LogP contribution in [0.2, 0.25) is 5.02 Å². The van der Waals surface area contributed by atoms with Gasteiger partial charge in [0.05, 0.1) is 16.5 Å². The minimum absolute atomic E-state index is 0.0838. The zero-order valence-electron chi connectivity index (χ0n) is 12.9. The average Bonchev–Trinajstić information content (AvgIpc) is 3.04. The number of aromatic nitrogens is 3. The van der Waals surface area contributed by atoms with Gasteiger partial charge in [0.25, 0.3) is 5.91 Å². The fourth-order valence-corrected chi connectivity index (χ4v) is 2.90. The first-order valence-electron chi connectivity index (χ1n) is 7.62. The number of likely N-dealkylation sites (tertiary alicyclic amines) is 1. The van der Waals surface area contributed by atoms with E-state index in [4.69, 9.17) is 16.1 Å². The molecule has 25 heavy (non-hydrogen) atoms.